The van der Waals surface area contributed by atoms with Gasteiger partial charge in [-0.15, -0.1) is 0 Å². The van der Waals surface area contributed by atoms with Crippen molar-refractivity contribution in [3.05, 3.63) is 107 Å². The molecule has 2 aromatic carbocycles. The van der Waals surface area contributed by atoms with E-state index in [4.69, 9.17) is 27.0 Å². The van der Waals surface area contributed by atoms with Gasteiger partial charge >= 0.3 is 0 Å². The van der Waals surface area contributed by atoms with Crippen LogP contribution < -0.4 is 21.5 Å². The van der Waals surface area contributed by atoms with Gasteiger partial charge in [0.15, 0.2) is 0 Å². The Bertz CT molecular complexity index is 1400. The molecule has 0 fully saturated rings. The molecule has 0 spiro atoms. The van der Waals surface area contributed by atoms with Crippen LogP contribution in [0.1, 0.15) is 33.5 Å². The predicted octanol–water partition coefficient (Wildman–Crippen LogP) is 3.70. The van der Waals surface area contributed by atoms with E-state index in [1.165, 1.54) is 0 Å². The van der Waals surface area contributed by atoms with Crippen LogP contribution in [0.5, 0.6) is 5.75 Å². The summed E-state index contributed by atoms with van der Waals surface area (Å²) in [5, 5.41) is 28.4. The number of nitrogens with one attached hydrogen (secondary N) is 3. The predicted molar refractivity (Wildman–Crippen MR) is 145 cm³/mol. The normalized spacial score (nSPS) is 10.6. The number of aliphatic hydroxyl groups is 1. The summed E-state index contributed by atoms with van der Waals surface area (Å²) in [6.45, 7) is 2.35. The third kappa shape index (κ3) is 6.09. The van der Waals surface area contributed by atoms with Crippen molar-refractivity contribution >= 4 is 17.5 Å². The first-order valence-corrected chi connectivity index (χ1v) is 11.6. The van der Waals surface area contributed by atoms with Gasteiger partial charge in [-0.3, -0.25) is 15.8 Å². The van der Waals surface area contributed by atoms with E-state index in [2.05, 4.69) is 15.3 Å². The third-order valence-corrected chi connectivity index (χ3v) is 5.96. The highest BCUT2D eigenvalue weighted by molar-refractivity contribution is 5.95. The van der Waals surface area contributed by atoms with Crippen molar-refractivity contribution < 1.29 is 9.84 Å². The van der Waals surface area contributed by atoms with Gasteiger partial charge in [-0.25, -0.2) is 4.98 Å². The van der Waals surface area contributed by atoms with Crippen molar-refractivity contribution in [3.63, 3.8) is 0 Å². The molecular formula is C28H29N7O2. The number of nitrogen functional groups attached to an aromatic ring is 2. The molecule has 0 bridgehead atoms. The van der Waals surface area contributed by atoms with Crippen LogP contribution in [0.3, 0.4) is 0 Å². The van der Waals surface area contributed by atoms with Crippen molar-refractivity contribution in [2.24, 2.45) is 11.5 Å². The van der Waals surface area contributed by atoms with Crippen molar-refractivity contribution in [2.45, 2.75) is 26.7 Å². The van der Waals surface area contributed by atoms with Crippen molar-refractivity contribution in [3.8, 4) is 16.9 Å². The smallest absolute Gasteiger partial charge is 0.146 e. The van der Waals surface area contributed by atoms with Gasteiger partial charge in [0.2, 0.25) is 0 Å². The van der Waals surface area contributed by atoms with Crippen LogP contribution in [0.4, 0.5) is 5.82 Å². The van der Waals surface area contributed by atoms with Gasteiger partial charge in [0, 0.05) is 41.2 Å². The minimum atomic E-state index is -0.193. The van der Waals surface area contributed by atoms with E-state index >= 15 is 0 Å². The molecule has 0 saturated carbocycles. The van der Waals surface area contributed by atoms with E-state index in [9.17, 15) is 5.11 Å². The Labute approximate surface area is 215 Å². The van der Waals surface area contributed by atoms with Gasteiger partial charge in [-0.1, -0.05) is 48.5 Å². The molecule has 37 heavy (non-hydrogen) atoms. The topological polar surface area (TPSA) is 167 Å². The number of hydrogen-bond donors (Lipinski definition) is 6. The molecule has 0 radical (unpaired) electrons. The number of rotatable bonds is 10. The van der Waals surface area contributed by atoms with Crippen molar-refractivity contribution in [1.29, 1.82) is 10.8 Å². The van der Waals surface area contributed by atoms with Crippen LogP contribution >= 0.6 is 0 Å². The summed E-state index contributed by atoms with van der Waals surface area (Å²) in [6, 6.07) is 18.6. The van der Waals surface area contributed by atoms with Crippen LogP contribution in [-0.2, 0) is 19.8 Å². The molecule has 0 amide bonds. The summed E-state index contributed by atoms with van der Waals surface area (Å²) in [6.07, 6.45) is 3.50. The quantitative estimate of drug-likeness (QED) is 0.144. The average molecular weight is 496 g/mol. The van der Waals surface area contributed by atoms with Gasteiger partial charge in [-0.05, 0) is 35.7 Å². The number of aryl methyl sites for hydroxylation is 1. The molecule has 4 rings (SSSR count). The van der Waals surface area contributed by atoms with Crippen LogP contribution in [0.25, 0.3) is 11.1 Å². The van der Waals surface area contributed by atoms with Crippen LogP contribution in [0.2, 0.25) is 0 Å². The highest BCUT2D eigenvalue weighted by Crippen LogP contribution is 2.27. The Morgan fingerprint density at radius 1 is 0.865 bits per heavy atom. The van der Waals surface area contributed by atoms with E-state index in [-0.39, 0.29) is 18.3 Å². The number of nitrogens with two attached hydrogens (primary N) is 2. The lowest BCUT2D eigenvalue weighted by Crippen LogP contribution is -2.11. The zero-order valence-electron chi connectivity index (χ0n) is 20.5. The van der Waals surface area contributed by atoms with E-state index in [1.807, 2.05) is 55.5 Å². The maximum absolute atomic E-state index is 10.1. The number of aliphatic hydroxyl groups excluding tert-OH is 1. The highest BCUT2D eigenvalue weighted by Gasteiger charge is 2.14. The molecule has 0 unspecified atom stereocenters. The fourth-order valence-electron chi connectivity index (χ4n) is 3.83. The van der Waals surface area contributed by atoms with Crippen LogP contribution in [0, 0.1) is 17.7 Å². The summed E-state index contributed by atoms with van der Waals surface area (Å²) < 4.78 is 6.05. The number of aromatic nitrogens is 2. The van der Waals surface area contributed by atoms with E-state index in [1.54, 1.807) is 24.5 Å². The van der Waals surface area contributed by atoms with Crippen molar-refractivity contribution in [2.75, 3.05) is 5.32 Å². The number of benzene rings is 2. The molecule has 9 heteroatoms. The number of nitrogens with zero attached hydrogens (tertiary/aromatic N) is 2. The molecule has 0 aliphatic heterocycles. The van der Waals surface area contributed by atoms with Crippen LogP contribution in [0.15, 0.2) is 73.1 Å². The van der Waals surface area contributed by atoms with Crippen molar-refractivity contribution in [1.82, 2.24) is 9.97 Å². The van der Waals surface area contributed by atoms with E-state index < -0.39 is 0 Å². The van der Waals surface area contributed by atoms with Gasteiger partial charge in [0.1, 0.15) is 29.8 Å². The lowest BCUT2D eigenvalue weighted by Gasteiger charge is -2.17. The molecule has 4 aromatic rings. The molecule has 0 aliphatic carbocycles. The fourth-order valence-corrected chi connectivity index (χ4v) is 3.83. The van der Waals surface area contributed by atoms with Gasteiger partial charge in [-0.2, -0.15) is 0 Å². The second kappa shape index (κ2) is 11.3. The summed E-state index contributed by atoms with van der Waals surface area (Å²) >= 11 is 0. The van der Waals surface area contributed by atoms with E-state index in [0.29, 0.717) is 47.1 Å². The van der Waals surface area contributed by atoms with E-state index in [0.717, 1.165) is 22.3 Å². The molecule has 0 saturated heterocycles. The first-order valence-electron chi connectivity index (χ1n) is 11.6. The molecule has 0 atom stereocenters. The second-order valence-corrected chi connectivity index (χ2v) is 8.51. The first-order chi connectivity index (χ1) is 17.9. The Balaban J connectivity index is 1.43. The minimum absolute atomic E-state index is 0.0164. The molecular weight excluding hydrogens is 466 g/mol. The lowest BCUT2D eigenvalue weighted by molar-refractivity contribution is 0.256. The maximum Gasteiger partial charge on any atom is 0.146 e. The number of anilines is 1. The Morgan fingerprint density at radius 3 is 2.05 bits per heavy atom. The largest absolute Gasteiger partial charge is 0.487 e. The summed E-state index contributed by atoms with van der Waals surface area (Å²) in [5.41, 5.74) is 17.4. The molecule has 188 valence electrons. The fraction of sp³-hybridized carbons (Fsp3) is 0.143. The molecule has 2 aromatic heterocycles. The third-order valence-electron chi connectivity index (χ3n) is 5.96. The second-order valence-electron chi connectivity index (χ2n) is 8.51. The highest BCUT2D eigenvalue weighted by atomic mass is 16.5. The number of pyridine rings is 2. The van der Waals surface area contributed by atoms with Gasteiger partial charge in [0.05, 0.1) is 12.3 Å². The number of amidine groups is 2. The van der Waals surface area contributed by atoms with Gasteiger partial charge in [0.25, 0.3) is 0 Å². The van der Waals surface area contributed by atoms with Gasteiger partial charge < -0.3 is 26.6 Å². The lowest BCUT2D eigenvalue weighted by atomic mass is 10.1. The maximum atomic E-state index is 10.1. The Morgan fingerprint density at radius 2 is 1.49 bits per heavy atom. The SMILES string of the molecule is Cc1ncc(CNc2ccc(-c3ccc(C(=N)N)cc3)cn2)c(CO)c1OCc1ccc(C(=N)N)cc1. The average Bonchev–Trinajstić information content (AvgIpc) is 2.92. The zero-order valence-corrected chi connectivity index (χ0v) is 20.5. The standard InChI is InChI=1S/C28H29N7O2/c1-17-26(37-16-18-2-4-20(5-3-18)27(29)30)24(15-36)23(13-33-17)14-35-25-11-10-22(12-34-25)19-6-8-21(9-7-19)28(31)32/h2-13,36H,14-16H2,1H3,(H3,29,30)(H3,31,32)(H,34,35). The Kier molecular flexibility index (Phi) is 7.75. The summed E-state index contributed by atoms with van der Waals surface area (Å²) in [5.74, 6) is 1.29. The monoisotopic (exact) mass is 495 g/mol. The summed E-state index contributed by atoms with van der Waals surface area (Å²) in [7, 11) is 0. The number of ether oxygens (including phenoxy) is 1. The zero-order chi connectivity index (χ0) is 26.4. The molecule has 8 N–H and O–H groups in total. The first kappa shape index (κ1) is 25.3. The molecule has 9 nitrogen and oxygen atoms in total. The minimum Gasteiger partial charge on any atom is -0.487 e. The number of hydrogen-bond acceptors (Lipinski definition) is 7. The van der Waals surface area contributed by atoms with Crippen LogP contribution in [-0.4, -0.2) is 26.7 Å². The molecule has 0 aliphatic rings. The summed E-state index contributed by atoms with van der Waals surface area (Å²) in [4.78, 5) is 8.96. The Hall–Kier alpha value is -4.76. The molecule has 2 heterocycles.